The molecular weight excluding hydrogens is 262 g/mol. The molecule has 0 spiro atoms. The summed E-state index contributed by atoms with van der Waals surface area (Å²) in [5.41, 5.74) is 2.56. The number of hydrogen-bond donors (Lipinski definition) is 0. The Morgan fingerprint density at radius 3 is 3.00 bits per heavy atom. The van der Waals surface area contributed by atoms with Crippen LogP contribution in [0.1, 0.15) is 24.8 Å². The number of hydrogen-bond acceptors (Lipinski definition) is 3. The Morgan fingerprint density at radius 1 is 1.29 bits per heavy atom. The van der Waals surface area contributed by atoms with Crippen LogP contribution in [-0.2, 0) is 0 Å². The number of nitrogens with zero attached hydrogens (tertiary/aromatic N) is 1. The number of para-hydroxylation sites is 1. The monoisotopic (exact) mass is 279 g/mol. The zero-order valence-corrected chi connectivity index (χ0v) is 12.0. The summed E-state index contributed by atoms with van der Waals surface area (Å²) in [7, 11) is 0. The van der Waals surface area contributed by atoms with Crippen molar-refractivity contribution >= 4 is 11.0 Å². The second-order valence-corrected chi connectivity index (χ2v) is 5.87. The minimum Gasteiger partial charge on any atom is -0.423 e. The van der Waals surface area contributed by atoms with E-state index in [2.05, 4.69) is 30.1 Å². The van der Waals surface area contributed by atoms with Crippen LogP contribution in [0.5, 0.6) is 0 Å². The molecule has 2 atom stereocenters. The van der Waals surface area contributed by atoms with E-state index in [4.69, 9.17) is 4.42 Å². The first kappa shape index (κ1) is 12.5. The van der Waals surface area contributed by atoms with Crippen LogP contribution >= 0.6 is 0 Å². The van der Waals surface area contributed by atoms with Gasteiger partial charge < -0.3 is 9.32 Å². The van der Waals surface area contributed by atoms with Gasteiger partial charge in [0.1, 0.15) is 5.58 Å². The van der Waals surface area contributed by atoms with Crippen molar-refractivity contribution in [1.29, 1.82) is 0 Å². The molecule has 0 radical (unpaired) electrons. The summed E-state index contributed by atoms with van der Waals surface area (Å²) in [5, 5.41) is 1.000. The van der Waals surface area contributed by atoms with Crippen LogP contribution in [0, 0.1) is 0 Å². The highest BCUT2D eigenvalue weighted by Crippen LogP contribution is 2.35. The van der Waals surface area contributed by atoms with Crippen LogP contribution in [0.4, 0.5) is 0 Å². The van der Waals surface area contributed by atoms with Crippen molar-refractivity contribution in [1.82, 2.24) is 4.90 Å². The molecule has 0 bridgehead atoms. The van der Waals surface area contributed by atoms with E-state index in [9.17, 15) is 4.79 Å². The maximum Gasteiger partial charge on any atom is 0.339 e. The van der Waals surface area contributed by atoms with Crippen LogP contribution in [0.25, 0.3) is 11.0 Å². The lowest BCUT2D eigenvalue weighted by atomic mass is 9.96. The minimum atomic E-state index is -0.191. The van der Waals surface area contributed by atoms with Gasteiger partial charge in [0, 0.05) is 35.2 Å². The van der Waals surface area contributed by atoms with Gasteiger partial charge in [-0.15, -0.1) is 0 Å². The highest BCUT2D eigenvalue weighted by Gasteiger charge is 2.34. The quantitative estimate of drug-likeness (QED) is 0.750. The summed E-state index contributed by atoms with van der Waals surface area (Å²) in [6.45, 7) is 3.02. The smallest absolute Gasteiger partial charge is 0.339 e. The van der Waals surface area contributed by atoms with Gasteiger partial charge in [-0.2, -0.15) is 0 Å². The predicted octanol–water partition coefficient (Wildman–Crippen LogP) is 3.42. The third-order valence-electron chi connectivity index (χ3n) is 4.58. The zero-order chi connectivity index (χ0) is 14.4. The average molecular weight is 279 g/mol. The number of allylic oxidation sites excluding steroid dienone is 3. The van der Waals surface area contributed by atoms with Crippen LogP contribution < -0.4 is 5.63 Å². The van der Waals surface area contributed by atoms with Crippen LogP contribution in [0.3, 0.4) is 0 Å². The Morgan fingerprint density at radius 2 is 2.14 bits per heavy atom. The average Bonchev–Trinajstić information content (AvgIpc) is 2.92. The van der Waals surface area contributed by atoms with Crippen molar-refractivity contribution < 1.29 is 4.42 Å². The Bertz CT molecular complexity index is 815. The molecule has 0 N–H and O–H groups in total. The third-order valence-corrected chi connectivity index (χ3v) is 4.58. The molecule has 2 aliphatic heterocycles. The molecular formula is C18H17NO2. The Labute approximate surface area is 123 Å². The van der Waals surface area contributed by atoms with Crippen molar-refractivity contribution in [3.63, 3.8) is 0 Å². The summed E-state index contributed by atoms with van der Waals surface area (Å²) in [6.07, 6.45) is 7.43. The van der Waals surface area contributed by atoms with Crippen LogP contribution in [0.2, 0.25) is 0 Å². The molecule has 1 aromatic heterocycles. The molecule has 0 aliphatic carbocycles. The van der Waals surface area contributed by atoms with E-state index in [1.165, 1.54) is 5.70 Å². The molecule has 0 saturated carbocycles. The third kappa shape index (κ3) is 2.00. The van der Waals surface area contributed by atoms with Crippen molar-refractivity contribution in [2.75, 3.05) is 6.54 Å². The molecule has 1 fully saturated rings. The van der Waals surface area contributed by atoms with Gasteiger partial charge in [-0.3, -0.25) is 0 Å². The summed E-state index contributed by atoms with van der Waals surface area (Å²) in [6, 6.07) is 10.1. The topological polar surface area (TPSA) is 33.5 Å². The minimum absolute atomic E-state index is 0.191. The van der Waals surface area contributed by atoms with Crippen LogP contribution in [-0.4, -0.2) is 17.5 Å². The first-order valence-corrected chi connectivity index (χ1v) is 7.37. The first-order valence-electron chi connectivity index (χ1n) is 7.37. The van der Waals surface area contributed by atoms with Crippen molar-refractivity contribution in [2.45, 2.75) is 25.3 Å². The second-order valence-electron chi connectivity index (χ2n) is 5.87. The normalized spacial score (nSPS) is 24.2. The highest BCUT2D eigenvalue weighted by atomic mass is 16.4. The highest BCUT2D eigenvalue weighted by molar-refractivity contribution is 5.76. The van der Waals surface area contributed by atoms with Crippen LogP contribution in [0.15, 0.2) is 63.5 Å². The predicted molar refractivity (Wildman–Crippen MR) is 83.2 cm³/mol. The lowest BCUT2D eigenvalue weighted by Gasteiger charge is -2.27. The van der Waals surface area contributed by atoms with E-state index in [1.54, 1.807) is 0 Å². The van der Waals surface area contributed by atoms with Crippen molar-refractivity contribution in [3.05, 3.63) is 70.2 Å². The largest absolute Gasteiger partial charge is 0.423 e. The van der Waals surface area contributed by atoms with Gasteiger partial charge in [0.15, 0.2) is 0 Å². The van der Waals surface area contributed by atoms with Gasteiger partial charge in [0.05, 0.1) is 0 Å². The lowest BCUT2D eigenvalue weighted by molar-refractivity contribution is 0.360. The molecule has 3 nitrogen and oxygen atoms in total. The molecule has 2 aromatic rings. The van der Waals surface area contributed by atoms with Gasteiger partial charge in [-0.05, 0) is 31.6 Å². The number of benzene rings is 1. The van der Waals surface area contributed by atoms with Crippen molar-refractivity contribution in [2.24, 2.45) is 0 Å². The molecule has 0 amide bonds. The molecule has 1 aromatic carbocycles. The molecule has 3 heterocycles. The molecule has 2 aliphatic rings. The van der Waals surface area contributed by atoms with Gasteiger partial charge in [-0.25, -0.2) is 4.79 Å². The Kier molecular flexibility index (Phi) is 2.74. The fourth-order valence-corrected chi connectivity index (χ4v) is 3.46. The molecule has 2 unspecified atom stereocenters. The van der Waals surface area contributed by atoms with E-state index in [0.717, 1.165) is 23.9 Å². The Hall–Kier alpha value is -2.29. The molecule has 3 heteroatoms. The van der Waals surface area contributed by atoms with E-state index in [1.807, 2.05) is 30.3 Å². The fourth-order valence-electron chi connectivity index (χ4n) is 3.46. The lowest BCUT2D eigenvalue weighted by Crippen LogP contribution is -2.27. The van der Waals surface area contributed by atoms with E-state index < -0.39 is 0 Å². The SMILES string of the molecule is CC1=CC=CC2CC(c3cc4ccccc4oc3=O)CN12. The molecule has 4 rings (SSSR count). The van der Waals surface area contributed by atoms with Gasteiger partial charge in [-0.1, -0.05) is 30.4 Å². The summed E-state index contributed by atoms with van der Waals surface area (Å²) in [4.78, 5) is 14.7. The van der Waals surface area contributed by atoms with E-state index in [0.29, 0.717) is 11.6 Å². The molecule has 21 heavy (non-hydrogen) atoms. The molecule has 106 valence electrons. The summed E-state index contributed by atoms with van der Waals surface area (Å²) in [5.74, 6) is 0.238. The maximum atomic E-state index is 12.3. The second kappa shape index (κ2) is 4.62. The zero-order valence-electron chi connectivity index (χ0n) is 12.0. The number of rotatable bonds is 1. The summed E-state index contributed by atoms with van der Waals surface area (Å²) < 4.78 is 5.48. The summed E-state index contributed by atoms with van der Waals surface area (Å²) >= 11 is 0. The van der Waals surface area contributed by atoms with Gasteiger partial charge in [0.25, 0.3) is 0 Å². The standard InChI is InChI=1S/C18H17NO2/c1-12-5-4-7-15-9-14(11-19(12)15)16-10-13-6-2-3-8-17(13)21-18(16)20/h2-8,10,14-15H,9,11H2,1H3. The van der Waals surface area contributed by atoms with E-state index in [-0.39, 0.29) is 11.5 Å². The molecule has 1 saturated heterocycles. The van der Waals surface area contributed by atoms with Gasteiger partial charge in [0.2, 0.25) is 0 Å². The van der Waals surface area contributed by atoms with Crippen molar-refractivity contribution in [3.8, 4) is 0 Å². The fraction of sp³-hybridized carbons (Fsp3) is 0.278. The van der Waals surface area contributed by atoms with E-state index >= 15 is 0 Å². The maximum absolute atomic E-state index is 12.3. The Balaban J connectivity index is 1.75. The first-order chi connectivity index (χ1) is 10.2. The number of fused-ring (bicyclic) bond motifs is 2. The van der Waals surface area contributed by atoms with Gasteiger partial charge >= 0.3 is 5.63 Å².